The van der Waals surface area contributed by atoms with Crippen molar-refractivity contribution in [2.75, 3.05) is 6.54 Å². The largest absolute Gasteiger partial charge is 0.352 e. The molecule has 2 aromatic heterocycles. The fourth-order valence-corrected chi connectivity index (χ4v) is 4.95. The molecule has 1 fully saturated rings. The first-order chi connectivity index (χ1) is 17.9. The Morgan fingerprint density at radius 2 is 1.78 bits per heavy atom. The highest BCUT2D eigenvalue weighted by molar-refractivity contribution is 5.94. The summed E-state index contributed by atoms with van der Waals surface area (Å²) in [5.74, 6) is -0.956. The van der Waals surface area contributed by atoms with Crippen molar-refractivity contribution < 1.29 is 9.18 Å². The molecule has 2 aromatic carbocycles. The summed E-state index contributed by atoms with van der Waals surface area (Å²) in [4.78, 5) is 44.0. The minimum absolute atomic E-state index is 0.00666. The summed E-state index contributed by atoms with van der Waals surface area (Å²) in [6.45, 7) is 0.450. The topological polar surface area (TPSA) is 112 Å². The monoisotopic (exact) mass is 501 g/mol. The van der Waals surface area contributed by atoms with Crippen molar-refractivity contribution in [3.8, 4) is 5.69 Å². The predicted octanol–water partition coefficient (Wildman–Crippen LogP) is 3.10. The van der Waals surface area contributed by atoms with Crippen LogP contribution in [0.2, 0.25) is 0 Å². The molecule has 0 saturated heterocycles. The second kappa shape index (κ2) is 10.5. The Labute approximate surface area is 212 Å². The van der Waals surface area contributed by atoms with E-state index in [0.29, 0.717) is 49.9 Å². The van der Waals surface area contributed by atoms with Crippen LogP contribution >= 0.6 is 0 Å². The van der Waals surface area contributed by atoms with Gasteiger partial charge in [0.1, 0.15) is 5.82 Å². The standard InChI is InChI=1S/C28H28FN5O3/c29-20-16-24-25(32-17-20)33(28(37)34(27(24)36)22-11-9-21(30)10-12-22)23-8-4-7-19(15-23)26(35)31-14-13-18-5-2-1-3-6-18/h1-8,15-17,21-22H,9-14,30H2,(H,31,35). The zero-order valence-electron chi connectivity index (χ0n) is 20.3. The zero-order chi connectivity index (χ0) is 25.9. The van der Waals surface area contributed by atoms with E-state index in [1.165, 1.54) is 9.13 Å². The number of halogens is 1. The lowest BCUT2D eigenvalue weighted by Crippen LogP contribution is -2.44. The Balaban J connectivity index is 1.52. The van der Waals surface area contributed by atoms with Crippen LogP contribution < -0.4 is 22.3 Å². The van der Waals surface area contributed by atoms with Crippen LogP contribution in [0.1, 0.15) is 47.6 Å². The molecule has 0 spiro atoms. The number of rotatable bonds is 6. The maximum absolute atomic E-state index is 14.1. The molecule has 5 rings (SSSR count). The third-order valence-electron chi connectivity index (χ3n) is 6.91. The van der Waals surface area contributed by atoms with Gasteiger partial charge < -0.3 is 11.1 Å². The Morgan fingerprint density at radius 1 is 1.03 bits per heavy atom. The third-order valence-corrected chi connectivity index (χ3v) is 6.91. The van der Waals surface area contributed by atoms with Crippen LogP contribution in [-0.4, -0.2) is 32.6 Å². The van der Waals surface area contributed by atoms with E-state index in [9.17, 15) is 18.8 Å². The van der Waals surface area contributed by atoms with E-state index in [0.717, 1.165) is 17.8 Å². The molecule has 1 amide bonds. The average Bonchev–Trinajstić information content (AvgIpc) is 2.91. The maximum Gasteiger partial charge on any atom is 0.337 e. The molecule has 1 aliphatic rings. The van der Waals surface area contributed by atoms with Gasteiger partial charge in [0.05, 0.1) is 17.3 Å². The summed E-state index contributed by atoms with van der Waals surface area (Å²) in [5.41, 5.74) is 6.76. The van der Waals surface area contributed by atoms with E-state index in [2.05, 4.69) is 10.3 Å². The van der Waals surface area contributed by atoms with Crippen molar-refractivity contribution in [1.82, 2.24) is 19.4 Å². The number of carbonyl (C=O) groups excluding carboxylic acids is 1. The van der Waals surface area contributed by atoms with Crippen LogP contribution in [-0.2, 0) is 6.42 Å². The van der Waals surface area contributed by atoms with Crippen LogP contribution in [0.5, 0.6) is 0 Å². The van der Waals surface area contributed by atoms with Gasteiger partial charge in [0.15, 0.2) is 5.65 Å². The maximum atomic E-state index is 14.1. The van der Waals surface area contributed by atoms with Gasteiger partial charge in [-0.15, -0.1) is 0 Å². The lowest BCUT2D eigenvalue weighted by molar-refractivity contribution is 0.0954. The third kappa shape index (κ3) is 5.08. The van der Waals surface area contributed by atoms with Crippen molar-refractivity contribution in [3.05, 3.63) is 105 Å². The lowest BCUT2D eigenvalue weighted by Gasteiger charge is -2.27. The molecular weight excluding hydrogens is 473 g/mol. The van der Waals surface area contributed by atoms with Crippen LogP contribution in [0.4, 0.5) is 4.39 Å². The predicted molar refractivity (Wildman–Crippen MR) is 140 cm³/mol. The highest BCUT2D eigenvalue weighted by Gasteiger charge is 2.26. The van der Waals surface area contributed by atoms with Crippen LogP contribution in [0.25, 0.3) is 16.7 Å². The minimum atomic E-state index is -0.668. The fraction of sp³-hybridized carbons (Fsp3) is 0.286. The number of benzene rings is 2. The number of carbonyl (C=O) groups is 1. The van der Waals surface area contributed by atoms with E-state index >= 15 is 0 Å². The average molecular weight is 502 g/mol. The van der Waals surface area contributed by atoms with E-state index in [4.69, 9.17) is 5.73 Å². The second-order valence-electron chi connectivity index (χ2n) is 9.43. The smallest absolute Gasteiger partial charge is 0.337 e. The molecule has 0 unspecified atom stereocenters. The molecule has 8 nitrogen and oxygen atoms in total. The molecule has 1 aliphatic carbocycles. The Kier molecular flexibility index (Phi) is 6.96. The van der Waals surface area contributed by atoms with Gasteiger partial charge in [-0.05, 0) is 61.9 Å². The number of nitrogens with one attached hydrogen (secondary N) is 1. The van der Waals surface area contributed by atoms with E-state index < -0.39 is 17.1 Å². The molecule has 0 atom stereocenters. The van der Waals surface area contributed by atoms with Gasteiger partial charge in [-0.3, -0.25) is 14.2 Å². The van der Waals surface area contributed by atoms with Gasteiger partial charge in [0, 0.05) is 24.2 Å². The van der Waals surface area contributed by atoms with E-state index in [-0.39, 0.29) is 29.0 Å². The first-order valence-corrected chi connectivity index (χ1v) is 12.4. The Bertz CT molecular complexity index is 1560. The lowest BCUT2D eigenvalue weighted by atomic mass is 9.91. The highest BCUT2D eigenvalue weighted by atomic mass is 19.1. The van der Waals surface area contributed by atoms with E-state index in [1.807, 2.05) is 30.3 Å². The fourth-order valence-electron chi connectivity index (χ4n) is 4.95. The van der Waals surface area contributed by atoms with Crippen LogP contribution in [0.3, 0.4) is 0 Å². The summed E-state index contributed by atoms with van der Waals surface area (Å²) in [6.07, 6.45) is 4.19. The summed E-state index contributed by atoms with van der Waals surface area (Å²) < 4.78 is 16.6. The molecule has 37 heavy (non-hydrogen) atoms. The Hall–Kier alpha value is -4.11. The number of aromatic nitrogens is 3. The molecule has 2 heterocycles. The number of nitrogens with two attached hydrogens (primary N) is 1. The zero-order valence-corrected chi connectivity index (χ0v) is 20.3. The molecule has 1 saturated carbocycles. The van der Waals surface area contributed by atoms with Crippen LogP contribution in [0.15, 0.2) is 76.4 Å². The molecule has 0 radical (unpaired) electrons. The van der Waals surface area contributed by atoms with Crippen molar-refractivity contribution in [2.24, 2.45) is 5.73 Å². The van der Waals surface area contributed by atoms with Gasteiger partial charge in [-0.25, -0.2) is 18.7 Å². The minimum Gasteiger partial charge on any atom is -0.352 e. The first-order valence-electron chi connectivity index (χ1n) is 12.4. The van der Waals surface area contributed by atoms with Crippen molar-refractivity contribution >= 4 is 16.9 Å². The molecule has 9 heteroatoms. The molecule has 0 aliphatic heterocycles. The van der Waals surface area contributed by atoms with Gasteiger partial charge in [-0.1, -0.05) is 36.4 Å². The Morgan fingerprint density at radius 3 is 2.54 bits per heavy atom. The van der Waals surface area contributed by atoms with Crippen molar-refractivity contribution in [2.45, 2.75) is 44.2 Å². The van der Waals surface area contributed by atoms with Crippen molar-refractivity contribution in [1.29, 1.82) is 0 Å². The number of amides is 1. The summed E-state index contributed by atoms with van der Waals surface area (Å²) in [7, 11) is 0. The normalized spacial score (nSPS) is 17.6. The molecule has 4 aromatic rings. The molecule has 3 N–H and O–H groups in total. The van der Waals surface area contributed by atoms with Crippen molar-refractivity contribution in [3.63, 3.8) is 0 Å². The number of pyridine rings is 1. The number of nitrogens with zero attached hydrogens (tertiary/aromatic N) is 3. The van der Waals surface area contributed by atoms with Gasteiger partial charge in [0.2, 0.25) is 0 Å². The quantitative estimate of drug-likeness (QED) is 0.422. The summed E-state index contributed by atoms with van der Waals surface area (Å²) >= 11 is 0. The van der Waals surface area contributed by atoms with Crippen LogP contribution in [0, 0.1) is 5.82 Å². The number of fused-ring (bicyclic) bond motifs is 1. The summed E-state index contributed by atoms with van der Waals surface area (Å²) in [6, 6.07) is 17.2. The molecule has 0 bridgehead atoms. The number of hydrogen-bond acceptors (Lipinski definition) is 5. The first kappa shape index (κ1) is 24.6. The highest BCUT2D eigenvalue weighted by Crippen LogP contribution is 2.26. The van der Waals surface area contributed by atoms with Gasteiger partial charge in [-0.2, -0.15) is 0 Å². The van der Waals surface area contributed by atoms with E-state index in [1.54, 1.807) is 24.3 Å². The molecule has 190 valence electrons. The number of hydrogen-bond donors (Lipinski definition) is 2. The van der Waals surface area contributed by atoms with Gasteiger partial charge >= 0.3 is 5.69 Å². The summed E-state index contributed by atoms with van der Waals surface area (Å²) in [5, 5.41) is 2.91. The molecular formula is C28H28FN5O3. The van der Waals surface area contributed by atoms with Gasteiger partial charge in [0.25, 0.3) is 11.5 Å². The second-order valence-corrected chi connectivity index (χ2v) is 9.43. The SMILES string of the molecule is NC1CCC(n2c(=O)c3cc(F)cnc3n(-c3cccc(C(=O)NCCc4ccccc4)c3)c2=O)CC1.